The SMILES string of the molecule is COc1cccc(OCc2ccc(C(=O)Nc3cc(C)n(Cc4ccccc4Cl)n3)o2)c1. The minimum absolute atomic E-state index is 0.174. The minimum Gasteiger partial charge on any atom is -0.497 e. The Morgan fingerprint density at radius 1 is 1.09 bits per heavy atom. The molecule has 0 aliphatic heterocycles. The molecule has 0 radical (unpaired) electrons. The van der Waals surface area contributed by atoms with Gasteiger partial charge in [0, 0.05) is 22.8 Å². The third kappa shape index (κ3) is 5.12. The molecule has 0 bridgehead atoms. The van der Waals surface area contributed by atoms with Crippen molar-refractivity contribution in [3.63, 3.8) is 0 Å². The maximum atomic E-state index is 12.6. The lowest BCUT2D eigenvalue weighted by molar-refractivity contribution is 0.0992. The summed E-state index contributed by atoms with van der Waals surface area (Å²) in [7, 11) is 1.60. The number of benzene rings is 2. The standard InChI is InChI=1S/C24H22ClN3O4/c1-16-12-23(27-28(16)14-17-6-3-4-9-21(17)25)26-24(29)22-11-10-20(32-22)15-31-19-8-5-7-18(13-19)30-2/h3-13H,14-15H2,1-2H3,(H,26,27,29). The van der Waals surface area contributed by atoms with Gasteiger partial charge in [-0.05, 0) is 42.8 Å². The Kier molecular flexibility index (Phi) is 6.47. The highest BCUT2D eigenvalue weighted by Gasteiger charge is 2.15. The molecule has 0 aliphatic rings. The number of nitrogens with zero attached hydrogens (tertiary/aromatic N) is 2. The highest BCUT2D eigenvalue weighted by atomic mass is 35.5. The molecule has 0 spiro atoms. The molecule has 0 saturated heterocycles. The van der Waals surface area contributed by atoms with Gasteiger partial charge in [0.15, 0.2) is 11.6 Å². The second-order valence-electron chi connectivity index (χ2n) is 7.11. The highest BCUT2D eigenvalue weighted by Crippen LogP contribution is 2.21. The van der Waals surface area contributed by atoms with Gasteiger partial charge in [0.2, 0.25) is 0 Å². The molecular formula is C24H22ClN3O4. The second-order valence-corrected chi connectivity index (χ2v) is 7.51. The number of carbonyl (C=O) groups is 1. The number of nitrogens with one attached hydrogen (secondary N) is 1. The van der Waals surface area contributed by atoms with E-state index in [-0.39, 0.29) is 18.3 Å². The molecule has 1 N–H and O–H groups in total. The fourth-order valence-electron chi connectivity index (χ4n) is 3.12. The topological polar surface area (TPSA) is 78.5 Å². The summed E-state index contributed by atoms with van der Waals surface area (Å²) in [6, 6.07) is 20.0. The van der Waals surface area contributed by atoms with Gasteiger partial charge in [0.1, 0.15) is 23.9 Å². The molecule has 8 heteroatoms. The summed E-state index contributed by atoms with van der Waals surface area (Å²) in [5.74, 6) is 2.09. The van der Waals surface area contributed by atoms with Crippen LogP contribution in [-0.4, -0.2) is 22.8 Å². The number of ether oxygens (including phenoxy) is 2. The maximum absolute atomic E-state index is 12.6. The fourth-order valence-corrected chi connectivity index (χ4v) is 3.32. The number of halogens is 1. The van der Waals surface area contributed by atoms with Crippen LogP contribution in [0.5, 0.6) is 11.5 Å². The summed E-state index contributed by atoms with van der Waals surface area (Å²) >= 11 is 6.24. The van der Waals surface area contributed by atoms with E-state index < -0.39 is 0 Å². The van der Waals surface area contributed by atoms with Gasteiger partial charge in [-0.2, -0.15) is 5.10 Å². The number of rotatable bonds is 8. The number of methoxy groups -OCH3 is 1. The third-order valence-electron chi connectivity index (χ3n) is 4.81. The van der Waals surface area contributed by atoms with Crippen molar-refractivity contribution in [2.45, 2.75) is 20.1 Å². The van der Waals surface area contributed by atoms with Gasteiger partial charge in [-0.3, -0.25) is 9.48 Å². The molecule has 4 aromatic rings. The minimum atomic E-state index is -0.389. The first-order valence-corrected chi connectivity index (χ1v) is 10.3. The molecule has 7 nitrogen and oxygen atoms in total. The Hall–Kier alpha value is -3.71. The summed E-state index contributed by atoms with van der Waals surface area (Å²) in [5, 5.41) is 7.90. The van der Waals surface area contributed by atoms with Crippen molar-refractivity contribution < 1.29 is 18.7 Å². The zero-order valence-electron chi connectivity index (χ0n) is 17.7. The molecule has 0 saturated carbocycles. The lowest BCUT2D eigenvalue weighted by Gasteiger charge is -2.06. The van der Waals surface area contributed by atoms with Crippen LogP contribution in [0, 0.1) is 6.92 Å². The first-order chi connectivity index (χ1) is 15.5. The van der Waals surface area contributed by atoms with Crippen molar-refractivity contribution in [1.82, 2.24) is 9.78 Å². The number of furan rings is 1. The van der Waals surface area contributed by atoms with Crippen LogP contribution in [0.4, 0.5) is 5.82 Å². The van der Waals surface area contributed by atoms with Crippen molar-refractivity contribution in [3.8, 4) is 11.5 Å². The van der Waals surface area contributed by atoms with Crippen LogP contribution in [0.2, 0.25) is 5.02 Å². The Balaban J connectivity index is 1.37. The van der Waals surface area contributed by atoms with Gasteiger partial charge < -0.3 is 19.2 Å². The lowest BCUT2D eigenvalue weighted by atomic mass is 10.2. The molecule has 164 valence electrons. The predicted octanol–water partition coefficient (Wildman–Crippen LogP) is 5.33. The summed E-state index contributed by atoms with van der Waals surface area (Å²) in [6.07, 6.45) is 0. The van der Waals surface area contributed by atoms with E-state index in [0.29, 0.717) is 34.6 Å². The second kappa shape index (κ2) is 9.62. The lowest BCUT2D eigenvalue weighted by Crippen LogP contribution is -2.12. The van der Waals surface area contributed by atoms with Crippen LogP contribution in [0.25, 0.3) is 0 Å². The van der Waals surface area contributed by atoms with E-state index in [9.17, 15) is 4.79 Å². The first-order valence-electron chi connectivity index (χ1n) is 9.96. The molecule has 2 aromatic carbocycles. The van der Waals surface area contributed by atoms with Crippen LogP contribution in [-0.2, 0) is 13.2 Å². The quantitative estimate of drug-likeness (QED) is 0.392. The fraction of sp³-hybridized carbons (Fsp3) is 0.167. The number of anilines is 1. The van der Waals surface area contributed by atoms with Gasteiger partial charge in [0.25, 0.3) is 5.91 Å². The van der Waals surface area contributed by atoms with E-state index in [4.69, 9.17) is 25.5 Å². The number of aryl methyl sites for hydroxylation is 1. The van der Waals surface area contributed by atoms with Gasteiger partial charge >= 0.3 is 0 Å². The smallest absolute Gasteiger partial charge is 0.292 e. The molecule has 32 heavy (non-hydrogen) atoms. The highest BCUT2D eigenvalue weighted by molar-refractivity contribution is 6.31. The van der Waals surface area contributed by atoms with E-state index >= 15 is 0 Å². The van der Waals surface area contributed by atoms with Crippen LogP contribution in [0.1, 0.15) is 27.6 Å². The largest absolute Gasteiger partial charge is 0.497 e. The van der Waals surface area contributed by atoms with Crippen LogP contribution >= 0.6 is 11.6 Å². The van der Waals surface area contributed by atoms with Crippen molar-refractivity contribution in [2.24, 2.45) is 0 Å². The van der Waals surface area contributed by atoms with Gasteiger partial charge in [-0.15, -0.1) is 0 Å². The van der Waals surface area contributed by atoms with E-state index in [1.807, 2.05) is 49.4 Å². The third-order valence-corrected chi connectivity index (χ3v) is 5.18. The molecule has 0 unspecified atom stereocenters. The molecule has 4 rings (SSSR count). The maximum Gasteiger partial charge on any atom is 0.292 e. The molecule has 1 amide bonds. The molecule has 2 heterocycles. The molecular weight excluding hydrogens is 430 g/mol. The van der Waals surface area contributed by atoms with E-state index in [1.54, 1.807) is 36.1 Å². The van der Waals surface area contributed by atoms with Crippen molar-refractivity contribution in [3.05, 3.63) is 94.5 Å². The molecule has 0 aliphatic carbocycles. The Morgan fingerprint density at radius 3 is 2.72 bits per heavy atom. The predicted molar refractivity (Wildman–Crippen MR) is 122 cm³/mol. The number of carbonyl (C=O) groups excluding carboxylic acids is 1. The number of hydrogen-bond acceptors (Lipinski definition) is 5. The van der Waals surface area contributed by atoms with Crippen molar-refractivity contribution >= 4 is 23.3 Å². The number of hydrogen-bond donors (Lipinski definition) is 1. The zero-order valence-corrected chi connectivity index (χ0v) is 18.4. The van der Waals surface area contributed by atoms with E-state index in [1.165, 1.54) is 0 Å². The monoisotopic (exact) mass is 451 g/mol. The van der Waals surface area contributed by atoms with Gasteiger partial charge in [-0.25, -0.2) is 0 Å². The summed E-state index contributed by atoms with van der Waals surface area (Å²) in [4.78, 5) is 12.6. The zero-order chi connectivity index (χ0) is 22.5. The van der Waals surface area contributed by atoms with E-state index in [0.717, 1.165) is 11.3 Å². The molecule has 0 atom stereocenters. The normalized spacial score (nSPS) is 10.7. The Morgan fingerprint density at radius 2 is 1.91 bits per heavy atom. The first kappa shape index (κ1) is 21.5. The van der Waals surface area contributed by atoms with Crippen molar-refractivity contribution in [2.75, 3.05) is 12.4 Å². The van der Waals surface area contributed by atoms with Gasteiger partial charge in [0.05, 0.1) is 13.7 Å². The van der Waals surface area contributed by atoms with Crippen molar-refractivity contribution in [1.29, 1.82) is 0 Å². The summed E-state index contributed by atoms with van der Waals surface area (Å²) in [6.45, 7) is 2.61. The van der Waals surface area contributed by atoms with Crippen LogP contribution in [0.15, 0.2) is 71.1 Å². The van der Waals surface area contributed by atoms with E-state index in [2.05, 4.69) is 10.4 Å². The summed E-state index contributed by atoms with van der Waals surface area (Å²) < 4.78 is 18.3. The Labute approximate surface area is 190 Å². The Bertz CT molecular complexity index is 1230. The van der Waals surface area contributed by atoms with Gasteiger partial charge in [-0.1, -0.05) is 35.9 Å². The molecule has 0 fully saturated rings. The average Bonchev–Trinajstić information content (AvgIpc) is 3.41. The molecule has 2 aromatic heterocycles. The van der Waals surface area contributed by atoms with Crippen LogP contribution in [0.3, 0.4) is 0 Å². The average molecular weight is 452 g/mol. The van der Waals surface area contributed by atoms with Crippen LogP contribution < -0.4 is 14.8 Å². The summed E-state index contributed by atoms with van der Waals surface area (Å²) in [5.41, 5.74) is 1.84. The number of aromatic nitrogens is 2. The number of amides is 1.